The second kappa shape index (κ2) is 6.22. The van der Waals surface area contributed by atoms with Crippen molar-refractivity contribution in [1.82, 2.24) is 10.3 Å². The van der Waals surface area contributed by atoms with E-state index in [0.29, 0.717) is 6.42 Å². The third-order valence-corrected chi connectivity index (χ3v) is 5.36. The molecule has 0 saturated carbocycles. The molecule has 1 heterocycles. The van der Waals surface area contributed by atoms with Gasteiger partial charge in [0.25, 0.3) is 0 Å². The third-order valence-electron chi connectivity index (χ3n) is 4.03. The van der Waals surface area contributed by atoms with Crippen molar-refractivity contribution < 1.29 is 9.53 Å². The molecule has 22 heavy (non-hydrogen) atoms. The van der Waals surface area contributed by atoms with Gasteiger partial charge in [0.05, 0.1) is 19.6 Å². The van der Waals surface area contributed by atoms with E-state index in [0.717, 1.165) is 33.1 Å². The molecular formula is C16H18N2O2S2. The molecule has 1 aromatic carbocycles. The maximum Gasteiger partial charge on any atom is 0.225 e. The predicted molar refractivity (Wildman–Crippen MR) is 90.1 cm³/mol. The van der Waals surface area contributed by atoms with Crippen molar-refractivity contribution in [2.24, 2.45) is 0 Å². The fraction of sp³-hybridized carbons (Fsp3) is 0.375. The fourth-order valence-electron chi connectivity index (χ4n) is 2.96. The molecule has 1 aromatic heterocycles. The Morgan fingerprint density at radius 3 is 3.05 bits per heavy atom. The highest BCUT2D eigenvalue weighted by Gasteiger charge is 2.26. The monoisotopic (exact) mass is 334 g/mol. The number of aromatic nitrogens is 1. The fourth-order valence-corrected chi connectivity index (χ4v) is 4.25. The van der Waals surface area contributed by atoms with E-state index in [1.54, 1.807) is 7.11 Å². The van der Waals surface area contributed by atoms with Gasteiger partial charge in [-0.3, -0.25) is 4.79 Å². The van der Waals surface area contributed by atoms with Gasteiger partial charge in [0.2, 0.25) is 5.91 Å². The summed E-state index contributed by atoms with van der Waals surface area (Å²) >= 11 is 6.58. The number of benzene rings is 1. The van der Waals surface area contributed by atoms with E-state index in [4.69, 9.17) is 17.0 Å². The van der Waals surface area contributed by atoms with Crippen LogP contribution < -0.4 is 10.1 Å². The van der Waals surface area contributed by atoms with Gasteiger partial charge in [-0.2, -0.15) is 0 Å². The van der Waals surface area contributed by atoms with Crippen molar-refractivity contribution in [3.63, 3.8) is 0 Å². The predicted octanol–water partition coefficient (Wildman–Crippen LogP) is 3.47. The van der Waals surface area contributed by atoms with Crippen LogP contribution in [-0.2, 0) is 17.6 Å². The SMILES string of the molecule is COc1cccc2c1CC[C@H]2NC(=O)Cc1sc(=S)[nH]c1C. The molecule has 2 N–H and O–H groups in total. The Labute approximate surface area is 138 Å². The number of hydrogen-bond donors (Lipinski definition) is 2. The molecule has 3 rings (SSSR count). The zero-order valence-corrected chi connectivity index (χ0v) is 14.2. The summed E-state index contributed by atoms with van der Waals surface area (Å²) in [6, 6.07) is 6.09. The zero-order chi connectivity index (χ0) is 15.7. The van der Waals surface area contributed by atoms with Crippen molar-refractivity contribution in [2.75, 3.05) is 7.11 Å². The number of carbonyl (C=O) groups is 1. The molecule has 4 nitrogen and oxygen atoms in total. The first kappa shape index (κ1) is 15.2. The Balaban J connectivity index is 1.72. The van der Waals surface area contributed by atoms with E-state index < -0.39 is 0 Å². The maximum absolute atomic E-state index is 12.3. The number of nitrogens with one attached hydrogen (secondary N) is 2. The normalized spacial score (nSPS) is 16.4. The number of methoxy groups -OCH3 is 1. The van der Waals surface area contributed by atoms with Crippen molar-refractivity contribution in [1.29, 1.82) is 0 Å². The molecule has 0 spiro atoms. The minimum atomic E-state index is 0.0361. The van der Waals surface area contributed by atoms with E-state index in [-0.39, 0.29) is 11.9 Å². The van der Waals surface area contributed by atoms with Crippen LogP contribution in [0.25, 0.3) is 0 Å². The number of fused-ring (bicyclic) bond motifs is 1. The lowest BCUT2D eigenvalue weighted by atomic mass is 10.1. The van der Waals surface area contributed by atoms with Crippen LogP contribution in [0.5, 0.6) is 5.75 Å². The van der Waals surface area contributed by atoms with Crippen molar-refractivity contribution in [3.05, 3.63) is 43.9 Å². The minimum absolute atomic E-state index is 0.0361. The van der Waals surface area contributed by atoms with Crippen molar-refractivity contribution in [3.8, 4) is 5.75 Å². The topological polar surface area (TPSA) is 54.1 Å². The van der Waals surface area contributed by atoms with Crippen LogP contribution >= 0.6 is 23.6 Å². The Bertz CT molecular complexity index is 764. The second-order valence-corrected chi connectivity index (χ2v) is 7.20. The zero-order valence-electron chi connectivity index (χ0n) is 12.6. The highest BCUT2D eigenvalue weighted by atomic mass is 32.1. The number of rotatable bonds is 4. The minimum Gasteiger partial charge on any atom is -0.496 e. The first-order chi connectivity index (χ1) is 10.6. The third kappa shape index (κ3) is 2.94. The summed E-state index contributed by atoms with van der Waals surface area (Å²) in [5.74, 6) is 0.947. The molecule has 0 bridgehead atoms. The van der Waals surface area contributed by atoms with Gasteiger partial charge in [-0.15, -0.1) is 11.3 Å². The molecule has 1 aliphatic rings. The molecular weight excluding hydrogens is 316 g/mol. The van der Waals surface area contributed by atoms with Gasteiger partial charge in [0, 0.05) is 10.6 Å². The van der Waals surface area contributed by atoms with Gasteiger partial charge in [0.15, 0.2) is 3.95 Å². The van der Waals surface area contributed by atoms with E-state index in [1.165, 1.54) is 22.5 Å². The molecule has 0 aliphatic heterocycles. The van der Waals surface area contributed by atoms with Crippen LogP contribution in [0.2, 0.25) is 0 Å². The molecule has 2 aromatic rings. The number of ether oxygens (including phenoxy) is 1. The number of aromatic amines is 1. The summed E-state index contributed by atoms with van der Waals surface area (Å²) in [4.78, 5) is 16.4. The van der Waals surface area contributed by atoms with Crippen LogP contribution in [0.15, 0.2) is 18.2 Å². The molecule has 0 unspecified atom stereocenters. The number of amides is 1. The van der Waals surface area contributed by atoms with E-state index >= 15 is 0 Å². The number of hydrogen-bond acceptors (Lipinski definition) is 4. The summed E-state index contributed by atoms with van der Waals surface area (Å²) in [7, 11) is 1.68. The first-order valence-electron chi connectivity index (χ1n) is 7.22. The lowest BCUT2D eigenvalue weighted by Crippen LogP contribution is -2.28. The molecule has 116 valence electrons. The Morgan fingerprint density at radius 1 is 1.55 bits per heavy atom. The van der Waals surface area contributed by atoms with Crippen LogP contribution in [-0.4, -0.2) is 18.0 Å². The van der Waals surface area contributed by atoms with Crippen LogP contribution in [0.3, 0.4) is 0 Å². The van der Waals surface area contributed by atoms with Crippen molar-refractivity contribution in [2.45, 2.75) is 32.2 Å². The van der Waals surface area contributed by atoms with Gasteiger partial charge in [-0.05, 0) is 49.2 Å². The Kier molecular flexibility index (Phi) is 4.31. The molecule has 1 atom stereocenters. The summed E-state index contributed by atoms with van der Waals surface area (Å²) in [5.41, 5.74) is 3.37. The van der Waals surface area contributed by atoms with Gasteiger partial charge < -0.3 is 15.0 Å². The smallest absolute Gasteiger partial charge is 0.225 e. The first-order valence-corrected chi connectivity index (χ1v) is 8.44. The number of carbonyl (C=O) groups excluding carboxylic acids is 1. The summed E-state index contributed by atoms with van der Waals surface area (Å²) in [6.45, 7) is 1.95. The number of thiazole rings is 1. The van der Waals surface area contributed by atoms with E-state index in [9.17, 15) is 4.79 Å². The van der Waals surface area contributed by atoms with Gasteiger partial charge >= 0.3 is 0 Å². The highest BCUT2D eigenvalue weighted by Crippen LogP contribution is 2.36. The number of aryl methyl sites for hydroxylation is 1. The lowest BCUT2D eigenvalue weighted by molar-refractivity contribution is -0.121. The highest BCUT2D eigenvalue weighted by molar-refractivity contribution is 7.73. The molecule has 1 aliphatic carbocycles. The number of H-pyrrole nitrogens is 1. The standard InChI is InChI=1S/C16H18N2O2S2/c1-9-14(22-16(21)17-9)8-15(19)18-12-7-6-11-10(12)4-3-5-13(11)20-2/h3-5,12H,6-8H2,1-2H3,(H,17,21)(H,18,19)/t12-/m1/s1. The molecule has 0 fully saturated rings. The van der Waals surface area contributed by atoms with Crippen LogP contribution in [0.4, 0.5) is 0 Å². The molecule has 0 radical (unpaired) electrons. The quantitative estimate of drug-likeness (QED) is 0.842. The largest absolute Gasteiger partial charge is 0.496 e. The van der Waals surface area contributed by atoms with Gasteiger partial charge in [-0.1, -0.05) is 12.1 Å². The lowest BCUT2D eigenvalue weighted by Gasteiger charge is -2.14. The van der Waals surface area contributed by atoms with Gasteiger partial charge in [0.1, 0.15) is 5.75 Å². The summed E-state index contributed by atoms with van der Waals surface area (Å²) in [6.07, 6.45) is 2.23. The van der Waals surface area contributed by atoms with Gasteiger partial charge in [-0.25, -0.2) is 0 Å². The Hall–Kier alpha value is -1.66. The Morgan fingerprint density at radius 2 is 2.36 bits per heavy atom. The molecule has 1 amide bonds. The maximum atomic E-state index is 12.3. The average molecular weight is 334 g/mol. The average Bonchev–Trinajstić information content (AvgIpc) is 3.02. The van der Waals surface area contributed by atoms with Crippen LogP contribution in [0, 0.1) is 10.9 Å². The van der Waals surface area contributed by atoms with E-state index in [2.05, 4.69) is 16.4 Å². The molecule has 6 heteroatoms. The summed E-state index contributed by atoms with van der Waals surface area (Å²) < 4.78 is 6.12. The van der Waals surface area contributed by atoms with Crippen molar-refractivity contribution >= 4 is 29.5 Å². The summed E-state index contributed by atoms with van der Waals surface area (Å²) in [5, 5.41) is 3.14. The van der Waals surface area contributed by atoms with Crippen LogP contribution in [0.1, 0.15) is 34.2 Å². The molecule has 0 saturated heterocycles. The second-order valence-electron chi connectivity index (χ2n) is 5.43. The van der Waals surface area contributed by atoms with E-state index in [1.807, 2.05) is 19.1 Å².